The Morgan fingerprint density at radius 1 is 1.03 bits per heavy atom. The van der Waals surface area contributed by atoms with Gasteiger partial charge in [0.15, 0.2) is 17.3 Å². The molecule has 0 atom stereocenters. The zero-order chi connectivity index (χ0) is 26.4. The number of amides is 1. The minimum Gasteiger partial charge on any atom is -0.497 e. The Bertz CT molecular complexity index is 1250. The standard InChI is InChI=1S/C27H30N4O5S/c1-5-34-23-16-18(6-11-22(23)36-13-12-35-20-9-7-19(33-4)8-10-20)15-21-25(28)31-27(29-26(21)32)37-24(30-31)14-17(2)3/h6-11,15-17,28H,5,12-14H2,1-4H3. The molecule has 2 aliphatic rings. The van der Waals surface area contributed by atoms with E-state index in [1.165, 1.54) is 16.8 Å². The molecule has 10 heteroatoms. The number of methoxy groups -OCH3 is 1. The van der Waals surface area contributed by atoms with E-state index in [4.69, 9.17) is 24.4 Å². The number of amidine groups is 2. The Balaban J connectivity index is 1.44. The normalized spacial score (nSPS) is 16.0. The highest BCUT2D eigenvalue weighted by atomic mass is 32.2. The number of carbonyl (C=O) groups excluding carboxylic acids is 1. The smallest absolute Gasteiger partial charge is 0.283 e. The second kappa shape index (κ2) is 12.0. The van der Waals surface area contributed by atoms with E-state index in [0.29, 0.717) is 48.0 Å². The molecule has 0 spiro atoms. The molecule has 1 amide bonds. The molecule has 194 valence electrons. The van der Waals surface area contributed by atoms with Gasteiger partial charge in [-0.25, -0.2) is 0 Å². The predicted octanol–water partition coefficient (Wildman–Crippen LogP) is 5.22. The lowest BCUT2D eigenvalue weighted by atomic mass is 10.1. The summed E-state index contributed by atoms with van der Waals surface area (Å²) >= 11 is 1.34. The number of fused-ring (bicyclic) bond motifs is 1. The zero-order valence-electron chi connectivity index (χ0n) is 21.3. The van der Waals surface area contributed by atoms with Gasteiger partial charge in [-0.1, -0.05) is 19.9 Å². The third-order valence-electron chi connectivity index (χ3n) is 5.33. The molecule has 0 fully saturated rings. The molecule has 2 heterocycles. The second-order valence-electron chi connectivity index (χ2n) is 8.62. The number of hydrazone groups is 1. The fraction of sp³-hybridized carbons (Fsp3) is 0.333. The van der Waals surface area contributed by atoms with Crippen molar-refractivity contribution in [1.82, 2.24) is 5.01 Å². The van der Waals surface area contributed by atoms with E-state index < -0.39 is 5.91 Å². The summed E-state index contributed by atoms with van der Waals surface area (Å²) in [5.74, 6) is 2.55. The highest BCUT2D eigenvalue weighted by Gasteiger charge is 2.35. The number of thioether (sulfide) groups is 1. The number of nitrogens with zero attached hydrogens (tertiary/aromatic N) is 3. The van der Waals surface area contributed by atoms with Crippen LogP contribution in [0.15, 0.2) is 58.1 Å². The minimum absolute atomic E-state index is 0.00947. The molecule has 2 aromatic rings. The van der Waals surface area contributed by atoms with E-state index in [2.05, 4.69) is 23.9 Å². The summed E-state index contributed by atoms with van der Waals surface area (Å²) < 4.78 is 22.5. The van der Waals surface area contributed by atoms with Crippen molar-refractivity contribution in [3.8, 4) is 23.0 Å². The number of nitrogens with one attached hydrogen (secondary N) is 1. The molecule has 0 saturated carbocycles. The highest BCUT2D eigenvalue weighted by molar-refractivity contribution is 8.26. The Labute approximate surface area is 220 Å². The lowest BCUT2D eigenvalue weighted by Gasteiger charge is -2.20. The number of aliphatic imine (C=N–C) groups is 1. The van der Waals surface area contributed by atoms with Crippen LogP contribution in [-0.4, -0.2) is 53.9 Å². The molecule has 0 radical (unpaired) electrons. The van der Waals surface area contributed by atoms with Gasteiger partial charge in [0.2, 0.25) is 5.17 Å². The molecule has 0 aromatic heterocycles. The summed E-state index contributed by atoms with van der Waals surface area (Å²) in [5.41, 5.74) is 0.859. The Hall–Kier alpha value is -3.79. The van der Waals surface area contributed by atoms with Crippen molar-refractivity contribution in [1.29, 1.82) is 5.41 Å². The largest absolute Gasteiger partial charge is 0.497 e. The Morgan fingerprint density at radius 3 is 2.46 bits per heavy atom. The summed E-state index contributed by atoms with van der Waals surface area (Å²) in [6, 6.07) is 12.7. The van der Waals surface area contributed by atoms with Crippen molar-refractivity contribution in [2.75, 3.05) is 26.9 Å². The van der Waals surface area contributed by atoms with Gasteiger partial charge < -0.3 is 18.9 Å². The van der Waals surface area contributed by atoms with Gasteiger partial charge in [0.05, 0.1) is 19.3 Å². The molecule has 0 aliphatic carbocycles. The summed E-state index contributed by atoms with van der Waals surface area (Å²) in [7, 11) is 1.62. The number of hydrogen-bond donors (Lipinski definition) is 1. The molecular formula is C27H30N4O5S. The van der Waals surface area contributed by atoms with Crippen LogP contribution < -0.4 is 18.9 Å². The van der Waals surface area contributed by atoms with Gasteiger partial charge >= 0.3 is 0 Å². The molecule has 1 N–H and O–H groups in total. The van der Waals surface area contributed by atoms with Crippen molar-refractivity contribution >= 4 is 39.8 Å². The number of hydrogen-bond acceptors (Lipinski definition) is 8. The van der Waals surface area contributed by atoms with Crippen LogP contribution in [-0.2, 0) is 4.79 Å². The lowest BCUT2D eigenvalue weighted by Crippen LogP contribution is -2.35. The van der Waals surface area contributed by atoms with Gasteiger partial charge in [0, 0.05) is 6.42 Å². The number of carbonyl (C=O) groups is 1. The molecule has 37 heavy (non-hydrogen) atoms. The summed E-state index contributed by atoms with van der Waals surface area (Å²) in [6.45, 7) is 7.19. The van der Waals surface area contributed by atoms with Gasteiger partial charge in [0.1, 0.15) is 29.8 Å². The van der Waals surface area contributed by atoms with E-state index in [1.807, 2.05) is 31.2 Å². The average molecular weight is 523 g/mol. The molecule has 0 bridgehead atoms. The minimum atomic E-state index is -0.460. The molecule has 9 nitrogen and oxygen atoms in total. The quantitative estimate of drug-likeness (QED) is 0.319. The molecule has 0 unspecified atom stereocenters. The van der Waals surface area contributed by atoms with Crippen LogP contribution in [0.2, 0.25) is 0 Å². The van der Waals surface area contributed by atoms with E-state index in [-0.39, 0.29) is 11.4 Å². The first-order valence-electron chi connectivity index (χ1n) is 12.0. The molecule has 2 aromatic carbocycles. The van der Waals surface area contributed by atoms with Crippen LogP contribution in [0.1, 0.15) is 32.8 Å². The van der Waals surface area contributed by atoms with Crippen molar-refractivity contribution in [3.05, 3.63) is 53.6 Å². The zero-order valence-corrected chi connectivity index (χ0v) is 22.1. The van der Waals surface area contributed by atoms with Crippen LogP contribution in [0.25, 0.3) is 6.08 Å². The van der Waals surface area contributed by atoms with Crippen LogP contribution in [0.3, 0.4) is 0 Å². The van der Waals surface area contributed by atoms with Crippen molar-refractivity contribution in [3.63, 3.8) is 0 Å². The van der Waals surface area contributed by atoms with Gasteiger partial charge in [-0.2, -0.15) is 15.1 Å². The first-order valence-corrected chi connectivity index (χ1v) is 12.8. The second-order valence-corrected chi connectivity index (χ2v) is 9.66. The Morgan fingerprint density at radius 2 is 1.76 bits per heavy atom. The monoisotopic (exact) mass is 522 g/mol. The van der Waals surface area contributed by atoms with Crippen LogP contribution in [0.5, 0.6) is 23.0 Å². The van der Waals surface area contributed by atoms with Gasteiger partial charge in [-0.3, -0.25) is 10.2 Å². The van der Waals surface area contributed by atoms with E-state index in [1.54, 1.807) is 31.4 Å². The van der Waals surface area contributed by atoms with Gasteiger partial charge in [0.25, 0.3) is 5.91 Å². The van der Waals surface area contributed by atoms with Crippen LogP contribution >= 0.6 is 11.8 Å². The first kappa shape index (κ1) is 26.3. The average Bonchev–Trinajstić information content (AvgIpc) is 3.27. The van der Waals surface area contributed by atoms with Crippen molar-refractivity contribution in [2.45, 2.75) is 27.2 Å². The van der Waals surface area contributed by atoms with Crippen molar-refractivity contribution < 1.29 is 23.7 Å². The maximum absolute atomic E-state index is 12.7. The summed E-state index contributed by atoms with van der Waals surface area (Å²) in [4.78, 5) is 16.9. The summed E-state index contributed by atoms with van der Waals surface area (Å²) in [6.07, 6.45) is 2.40. The SMILES string of the molecule is CCOc1cc(C=C2C(=N)N3N=C(CC(C)C)SC3=NC2=O)ccc1OCCOc1ccc(OC)cc1. The predicted molar refractivity (Wildman–Crippen MR) is 146 cm³/mol. The Kier molecular flexibility index (Phi) is 8.50. The van der Waals surface area contributed by atoms with Gasteiger partial charge in [-0.05, 0) is 72.6 Å². The van der Waals surface area contributed by atoms with Crippen LogP contribution in [0, 0.1) is 11.3 Å². The topological polar surface area (TPSA) is 106 Å². The third-order valence-corrected chi connectivity index (χ3v) is 6.26. The van der Waals surface area contributed by atoms with Crippen LogP contribution in [0.4, 0.5) is 0 Å². The maximum atomic E-state index is 12.7. The number of ether oxygens (including phenoxy) is 4. The number of rotatable bonds is 11. The van der Waals surface area contributed by atoms with E-state index in [0.717, 1.165) is 23.0 Å². The molecular weight excluding hydrogens is 492 g/mol. The fourth-order valence-electron chi connectivity index (χ4n) is 3.62. The maximum Gasteiger partial charge on any atom is 0.283 e. The summed E-state index contributed by atoms with van der Waals surface area (Å²) in [5, 5.41) is 15.8. The first-order chi connectivity index (χ1) is 17.9. The van der Waals surface area contributed by atoms with E-state index >= 15 is 0 Å². The molecule has 0 saturated heterocycles. The van der Waals surface area contributed by atoms with Gasteiger partial charge in [-0.15, -0.1) is 0 Å². The fourth-order valence-corrected chi connectivity index (χ4v) is 4.71. The van der Waals surface area contributed by atoms with E-state index in [9.17, 15) is 4.79 Å². The lowest BCUT2D eigenvalue weighted by molar-refractivity contribution is -0.114. The molecule has 4 rings (SSSR count). The molecule has 2 aliphatic heterocycles. The number of benzene rings is 2. The highest BCUT2D eigenvalue weighted by Crippen LogP contribution is 2.33. The van der Waals surface area contributed by atoms with Crippen molar-refractivity contribution in [2.24, 2.45) is 16.0 Å². The third kappa shape index (κ3) is 6.51.